The normalized spacial score (nSPS) is 20.1. The molecule has 1 heterocycles. The van der Waals surface area contributed by atoms with Crippen LogP contribution < -0.4 is 5.32 Å². The number of aliphatic hydroxyl groups excluding tert-OH is 1. The molecule has 2 unspecified atom stereocenters. The van der Waals surface area contributed by atoms with Crippen LogP contribution in [0.4, 0.5) is 30.7 Å². The maximum atomic E-state index is 13.8. The van der Waals surface area contributed by atoms with E-state index in [4.69, 9.17) is 0 Å². The Hall–Kier alpha value is -3.18. The van der Waals surface area contributed by atoms with E-state index >= 15 is 0 Å². The van der Waals surface area contributed by atoms with Gasteiger partial charge in [-0.15, -0.1) is 0 Å². The number of hydrogen-bond donors (Lipinski definition) is 2. The lowest BCUT2D eigenvalue weighted by Crippen LogP contribution is -2.33. The topological polar surface area (TPSA) is 50.1 Å². The molecule has 0 aliphatic heterocycles. The van der Waals surface area contributed by atoms with Crippen molar-refractivity contribution in [1.82, 2.24) is 14.9 Å². The molecule has 4 nitrogen and oxygen atoms in total. The van der Waals surface area contributed by atoms with Gasteiger partial charge in [-0.05, 0) is 96.0 Å². The Labute approximate surface area is 240 Å². The van der Waals surface area contributed by atoms with E-state index in [9.17, 15) is 35.8 Å². The van der Waals surface area contributed by atoms with E-state index in [0.29, 0.717) is 18.4 Å². The highest BCUT2D eigenvalue weighted by molar-refractivity contribution is 5.71. The number of alkyl halides is 6. The summed E-state index contributed by atoms with van der Waals surface area (Å²) in [6.45, 7) is 2.72. The van der Waals surface area contributed by atoms with Crippen LogP contribution in [0.25, 0.3) is 11.3 Å². The zero-order chi connectivity index (χ0) is 30.7. The average Bonchev–Trinajstić information content (AvgIpc) is 3.56. The average molecular weight is 598 g/mol. The summed E-state index contributed by atoms with van der Waals surface area (Å²) < 4.78 is 94.1. The minimum absolute atomic E-state index is 0.0109. The molecule has 0 amide bonds. The summed E-state index contributed by atoms with van der Waals surface area (Å²) in [5.74, 6) is -2.01. The van der Waals surface area contributed by atoms with E-state index in [-0.39, 0.29) is 48.9 Å². The molecule has 3 atom stereocenters. The monoisotopic (exact) mass is 597 g/mol. The summed E-state index contributed by atoms with van der Waals surface area (Å²) in [5, 5.41) is 12.5. The number of imidazole rings is 1. The van der Waals surface area contributed by atoms with Gasteiger partial charge in [-0.25, -0.2) is 9.37 Å². The maximum absolute atomic E-state index is 13.8. The van der Waals surface area contributed by atoms with Gasteiger partial charge in [-0.1, -0.05) is 38.1 Å². The highest BCUT2D eigenvalue weighted by atomic mass is 19.4. The van der Waals surface area contributed by atoms with Crippen molar-refractivity contribution in [3.63, 3.8) is 0 Å². The lowest BCUT2D eigenvalue weighted by atomic mass is 9.80. The van der Waals surface area contributed by atoms with Crippen LogP contribution in [0.2, 0.25) is 0 Å². The van der Waals surface area contributed by atoms with E-state index in [1.54, 1.807) is 30.3 Å². The molecular weight excluding hydrogens is 563 g/mol. The molecule has 11 heteroatoms. The lowest BCUT2D eigenvalue weighted by Gasteiger charge is -2.26. The van der Waals surface area contributed by atoms with E-state index in [1.165, 1.54) is 18.3 Å². The number of halogens is 7. The number of benzene rings is 2. The third kappa shape index (κ3) is 7.60. The van der Waals surface area contributed by atoms with Gasteiger partial charge < -0.3 is 10.4 Å². The standard InChI is InChI=1S/C31H34F7N3O/c1-19(2)26-10-9-25(41-13-12-40-29(41)31(36,37)38)16-27(26)21(11-14-42)15-22-3-4-23(17-39-18-30(33,34)35)28(22)20-5-7-24(32)8-6-20/h5-10,12-13,15-16,19,22-23,28,39,42H,3-4,11,14,17-18H2,1-2H3/b21-15+/t22?,23?,28-/m0/s1. The van der Waals surface area contributed by atoms with Crippen molar-refractivity contribution in [2.24, 2.45) is 11.8 Å². The number of nitrogens with one attached hydrogen (secondary N) is 1. The predicted molar refractivity (Wildman–Crippen MR) is 147 cm³/mol. The van der Waals surface area contributed by atoms with Crippen molar-refractivity contribution in [2.45, 2.75) is 57.3 Å². The third-order valence-corrected chi connectivity index (χ3v) is 7.80. The number of rotatable bonds is 10. The van der Waals surface area contributed by atoms with Gasteiger partial charge >= 0.3 is 12.4 Å². The van der Waals surface area contributed by atoms with Crippen LogP contribution in [0.1, 0.15) is 67.5 Å². The quantitative estimate of drug-likeness (QED) is 0.234. The van der Waals surface area contributed by atoms with Gasteiger partial charge in [0.25, 0.3) is 0 Å². The Kier molecular flexibility index (Phi) is 9.82. The zero-order valence-electron chi connectivity index (χ0n) is 23.3. The highest BCUT2D eigenvalue weighted by Gasteiger charge is 2.38. The van der Waals surface area contributed by atoms with Gasteiger partial charge in [0.2, 0.25) is 5.82 Å². The molecule has 228 valence electrons. The highest BCUT2D eigenvalue weighted by Crippen LogP contribution is 2.46. The summed E-state index contributed by atoms with van der Waals surface area (Å²) in [4.78, 5) is 3.49. The van der Waals surface area contributed by atoms with Gasteiger partial charge in [-0.2, -0.15) is 26.3 Å². The fourth-order valence-corrected chi connectivity index (χ4v) is 6.02. The molecule has 0 saturated heterocycles. The second-order valence-electron chi connectivity index (χ2n) is 11.0. The lowest BCUT2D eigenvalue weighted by molar-refractivity contribution is -0.145. The summed E-state index contributed by atoms with van der Waals surface area (Å²) in [5.41, 5.74) is 3.36. The predicted octanol–water partition coefficient (Wildman–Crippen LogP) is 7.88. The molecule has 1 fully saturated rings. The van der Waals surface area contributed by atoms with Crippen LogP contribution >= 0.6 is 0 Å². The smallest absolute Gasteiger partial charge is 0.396 e. The first-order valence-corrected chi connectivity index (χ1v) is 13.9. The molecule has 2 aromatic carbocycles. The first kappa shape index (κ1) is 31.7. The Morgan fingerprint density at radius 1 is 1.07 bits per heavy atom. The van der Waals surface area contributed by atoms with Crippen LogP contribution in [0, 0.1) is 17.7 Å². The minimum Gasteiger partial charge on any atom is -0.396 e. The van der Waals surface area contributed by atoms with Crippen LogP contribution in [-0.4, -0.2) is 40.5 Å². The third-order valence-electron chi connectivity index (χ3n) is 7.80. The molecule has 1 aliphatic carbocycles. The van der Waals surface area contributed by atoms with E-state index in [2.05, 4.69) is 10.3 Å². The Bertz CT molecular complexity index is 1360. The Morgan fingerprint density at radius 2 is 1.79 bits per heavy atom. The molecule has 1 saturated carbocycles. The molecule has 2 N–H and O–H groups in total. The Morgan fingerprint density at radius 3 is 2.40 bits per heavy atom. The SMILES string of the molecule is CC(C)c1ccc(-n2ccnc2C(F)(F)F)cc1/C(=C/C1CCC(CNCC(F)(F)F)[C@H]1c1ccc(F)cc1)CCO. The number of aromatic nitrogens is 2. The number of hydrogen-bond acceptors (Lipinski definition) is 3. The van der Waals surface area contributed by atoms with Gasteiger partial charge in [0, 0.05) is 24.7 Å². The summed E-state index contributed by atoms with van der Waals surface area (Å²) in [6, 6.07) is 11.0. The molecule has 0 radical (unpaired) electrons. The fraction of sp³-hybridized carbons (Fsp3) is 0.452. The largest absolute Gasteiger partial charge is 0.450 e. The summed E-state index contributed by atoms with van der Waals surface area (Å²) >= 11 is 0. The van der Waals surface area contributed by atoms with Gasteiger partial charge in [0.05, 0.1) is 6.54 Å². The first-order valence-electron chi connectivity index (χ1n) is 13.9. The summed E-state index contributed by atoms with van der Waals surface area (Å²) in [6.07, 6.45) is -3.19. The van der Waals surface area contributed by atoms with E-state index < -0.39 is 30.5 Å². The molecule has 3 aromatic rings. The van der Waals surface area contributed by atoms with Crippen LogP contribution in [0.5, 0.6) is 0 Å². The second kappa shape index (κ2) is 13.0. The van der Waals surface area contributed by atoms with Crippen molar-refractivity contribution in [3.8, 4) is 5.69 Å². The Balaban J connectivity index is 1.77. The number of nitrogens with zero attached hydrogens (tertiary/aromatic N) is 2. The van der Waals surface area contributed by atoms with E-state index in [0.717, 1.165) is 27.5 Å². The van der Waals surface area contributed by atoms with Crippen molar-refractivity contribution < 1.29 is 35.8 Å². The van der Waals surface area contributed by atoms with Crippen LogP contribution in [0.3, 0.4) is 0 Å². The summed E-state index contributed by atoms with van der Waals surface area (Å²) in [7, 11) is 0. The second-order valence-corrected chi connectivity index (χ2v) is 11.0. The molecule has 1 aromatic heterocycles. The fourth-order valence-electron chi connectivity index (χ4n) is 6.02. The maximum Gasteiger partial charge on any atom is 0.450 e. The van der Waals surface area contributed by atoms with Gasteiger partial charge in [0.15, 0.2) is 0 Å². The first-order chi connectivity index (χ1) is 19.8. The van der Waals surface area contributed by atoms with Crippen molar-refractivity contribution >= 4 is 5.57 Å². The minimum atomic E-state index is -4.66. The molecule has 4 rings (SSSR count). The van der Waals surface area contributed by atoms with Crippen LogP contribution in [-0.2, 0) is 6.18 Å². The molecule has 42 heavy (non-hydrogen) atoms. The van der Waals surface area contributed by atoms with Gasteiger partial charge in [0.1, 0.15) is 5.82 Å². The number of allylic oxidation sites excluding steroid dienone is 1. The van der Waals surface area contributed by atoms with E-state index in [1.807, 2.05) is 19.9 Å². The van der Waals surface area contributed by atoms with Crippen molar-refractivity contribution in [3.05, 3.63) is 89.3 Å². The van der Waals surface area contributed by atoms with Crippen molar-refractivity contribution in [2.75, 3.05) is 19.7 Å². The molecule has 0 spiro atoms. The molecule has 0 bridgehead atoms. The number of aliphatic hydroxyl groups is 1. The molecule has 1 aliphatic rings. The van der Waals surface area contributed by atoms with Crippen LogP contribution in [0.15, 0.2) is 60.9 Å². The zero-order valence-corrected chi connectivity index (χ0v) is 23.3. The van der Waals surface area contributed by atoms with Gasteiger partial charge in [-0.3, -0.25) is 4.57 Å². The molecular formula is C31H34F7N3O. The van der Waals surface area contributed by atoms with Crippen molar-refractivity contribution in [1.29, 1.82) is 0 Å².